The molecule has 2 aliphatic rings. The van der Waals surface area contributed by atoms with E-state index in [0.717, 1.165) is 0 Å². The summed E-state index contributed by atoms with van der Waals surface area (Å²) in [5, 5.41) is 0.598. The van der Waals surface area contributed by atoms with E-state index < -0.39 is 0 Å². The van der Waals surface area contributed by atoms with Crippen molar-refractivity contribution in [3.8, 4) is 11.5 Å². The van der Waals surface area contributed by atoms with Crippen molar-refractivity contribution in [2.24, 2.45) is 0 Å². The fraction of sp³-hybridized carbons (Fsp3) is 0.263. The summed E-state index contributed by atoms with van der Waals surface area (Å²) >= 11 is 5.86. The Balaban J connectivity index is 1.39. The van der Waals surface area contributed by atoms with Crippen LogP contribution in [0.3, 0.4) is 0 Å². The fourth-order valence-corrected chi connectivity index (χ4v) is 3.23. The van der Waals surface area contributed by atoms with E-state index in [2.05, 4.69) is 0 Å². The van der Waals surface area contributed by atoms with Crippen molar-refractivity contribution in [3.63, 3.8) is 0 Å². The monoisotopic (exact) mass is 372 g/mol. The summed E-state index contributed by atoms with van der Waals surface area (Å²) in [6.07, 6.45) is 0. The van der Waals surface area contributed by atoms with Gasteiger partial charge in [-0.25, -0.2) is 0 Å². The van der Waals surface area contributed by atoms with E-state index in [1.807, 2.05) is 0 Å². The molecule has 0 radical (unpaired) electrons. The number of nitrogens with zero attached hydrogens (tertiary/aromatic N) is 2. The van der Waals surface area contributed by atoms with Gasteiger partial charge in [-0.05, 0) is 42.5 Å². The van der Waals surface area contributed by atoms with Crippen LogP contribution < -0.4 is 9.47 Å². The van der Waals surface area contributed by atoms with Crippen LogP contribution in [0.15, 0.2) is 42.5 Å². The minimum absolute atomic E-state index is 0.0446. The highest BCUT2D eigenvalue weighted by atomic mass is 35.5. The summed E-state index contributed by atoms with van der Waals surface area (Å²) in [5.41, 5.74) is 1.16. The average Bonchev–Trinajstić information content (AvgIpc) is 3.15. The first kappa shape index (κ1) is 16.7. The van der Waals surface area contributed by atoms with Gasteiger partial charge >= 0.3 is 0 Å². The molecule has 0 unspecified atom stereocenters. The summed E-state index contributed by atoms with van der Waals surface area (Å²) in [6.45, 7) is 2.16. The van der Waals surface area contributed by atoms with Crippen LogP contribution in [0.25, 0.3) is 0 Å². The quantitative estimate of drug-likeness (QED) is 0.813. The molecule has 1 fully saturated rings. The van der Waals surface area contributed by atoms with Crippen molar-refractivity contribution in [2.75, 3.05) is 33.0 Å². The minimum atomic E-state index is -0.0677. The summed E-state index contributed by atoms with van der Waals surface area (Å²) in [7, 11) is 0. The molecule has 0 N–H and O–H groups in total. The molecule has 2 heterocycles. The van der Waals surface area contributed by atoms with Gasteiger partial charge in [0.1, 0.15) is 0 Å². The van der Waals surface area contributed by atoms with Crippen LogP contribution in [-0.2, 0) is 0 Å². The molecule has 0 saturated carbocycles. The molecule has 0 atom stereocenters. The number of halogens is 1. The third-order valence-corrected chi connectivity index (χ3v) is 4.82. The molecule has 7 heteroatoms. The molecule has 2 aromatic rings. The number of hydrogen-bond acceptors (Lipinski definition) is 4. The topological polar surface area (TPSA) is 59.1 Å². The number of carbonyl (C=O) groups excluding carboxylic acids is 2. The van der Waals surface area contributed by atoms with Gasteiger partial charge < -0.3 is 19.3 Å². The van der Waals surface area contributed by atoms with Crippen LogP contribution in [0.2, 0.25) is 5.02 Å². The maximum Gasteiger partial charge on any atom is 0.254 e. The van der Waals surface area contributed by atoms with E-state index in [0.29, 0.717) is 53.8 Å². The first-order valence-corrected chi connectivity index (χ1v) is 8.73. The Kier molecular flexibility index (Phi) is 4.42. The van der Waals surface area contributed by atoms with E-state index in [1.54, 1.807) is 52.3 Å². The summed E-state index contributed by atoms with van der Waals surface area (Å²) in [4.78, 5) is 28.7. The van der Waals surface area contributed by atoms with E-state index in [1.165, 1.54) is 0 Å². The Labute approximate surface area is 155 Å². The third kappa shape index (κ3) is 3.20. The molecule has 134 valence electrons. The van der Waals surface area contributed by atoms with Crippen LogP contribution in [0.1, 0.15) is 20.7 Å². The molecule has 6 nitrogen and oxygen atoms in total. The maximum absolute atomic E-state index is 12.7. The van der Waals surface area contributed by atoms with Crippen LogP contribution >= 0.6 is 11.6 Å². The lowest BCUT2D eigenvalue weighted by Crippen LogP contribution is -2.50. The number of fused-ring (bicyclic) bond motifs is 1. The predicted octanol–water partition coefficient (Wildman–Crippen LogP) is 2.67. The first-order valence-electron chi connectivity index (χ1n) is 8.35. The first-order chi connectivity index (χ1) is 12.6. The molecular weight excluding hydrogens is 356 g/mol. The number of piperazine rings is 1. The lowest BCUT2D eigenvalue weighted by atomic mass is 10.1. The van der Waals surface area contributed by atoms with Gasteiger partial charge in [0.05, 0.1) is 0 Å². The second-order valence-electron chi connectivity index (χ2n) is 6.16. The Morgan fingerprint density at radius 1 is 0.769 bits per heavy atom. The number of hydrogen-bond donors (Lipinski definition) is 0. The van der Waals surface area contributed by atoms with Crippen molar-refractivity contribution >= 4 is 23.4 Å². The number of benzene rings is 2. The van der Waals surface area contributed by atoms with E-state index >= 15 is 0 Å². The SMILES string of the molecule is O=C(c1ccc(Cl)cc1)N1CCN(C(=O)c2ccc3c(c2)OCO3)CC1. The lowest BCUT2D eigenvalue weighted by molar-refractivity contribution is 0.0535. The Hall–Kier alpha value is -2.73. The Morgan fingerprint density at radius 2 is 1.31 bits per heavy atom. The molecular formula is C19H17ClN2O4. The second-order valence-corrected chi connectivity index (χ2v) is 6.60. The third-order valence-electron chi connectivity index (χ3n) is 4.56. The largest absolute Gasteiger partial charge is 0.454 e. The molecule has 0 spiro atoms. The van der Waals surface area contributed by atoms with Gasteiger partial charge in [-0.15, -0.1) is 0 Å². The van der Waals surface area contributed by atoms with E-state index in [-0.39, 0.29) is 18.6 Å². The van der Waals surface area contributed by atoms with Gasteiger partial charge in [-0.1, -0.05) is 11.6 Å². The van der Waals surface area contributed by atoms with Crippen LogP contribution in [0, 0.1) is 0 Å². The lowest BCUT2D eigenvalue weighted by Gasteiger charge is -2.35. The van der Waals surface area contributed by atoms with E-state index in [9.17, 15) is 9.59 Å². The van der Waals surface area contributed by atoms with Gasteiger partial charge in [0.2, 0.25) is 6.79 Å². The molecule has 2 amide bonds. The Bertz CT molecular complexity index is 845. The zero-order valence-corrected chi connectivity index (χ0v) is 14.7. The number of amides is 2. The van der Waals surface area contributed by atoms with Crippen molar-refractivity contribution in [1.29, 1.82) is 0 Å². The van der Waals surface area contributed by atoms with Crippen molar-refractivity contribution < 1.29 is 19.1 Å². The smallest absolute Gasteiger partial charge is 0.254 e. The van der Waals surface area contributed by atoms with Crippen molar-refractivity contribution in [1.82, 2.24) is 9.80 Å². The normalized spacial score (nSPS) is 15.9. The summed E-state index contributed by atoms with van der Waals surface area (Å²) in [5.74, 6) is 1.13. The molecule has 4 rings (SSSR count). The van der Waals surface area contributed by atoms with Gasteiger partial charge in [0.15, 0.2) is 11.5 Å². The van der Waals surface area contributed by atoms with Crippen LogP contribution in [-0.4, -0.2) is 54.6 Å². The Morgan fingerprint density at radius 3 is 1.96 bits per heavy atom. The molecule has 2 aliphatic heterocycles. The van der Waals surface area contributed by atoms with Gasteiger partial charge in [0, 0.05) is 42.3 Å². The fourth-order valence-electron chi connectivity index (χ4n) is 3.10. The number of rotatable bonds is 2. The summed E-state index contributed by atoms with van der Waals surface area (Å²) in [6, 6.07) is 12.0. The minimum Gasteiger partial charge on any atom is -0.454 e. The predicted molar refractivity (Wildman–Crippen MR) is 95.8 cm³/mol. The van der Waals surface area contributed by atoms with Crippen molar-refractivity contribution in [3.05, 3.63) is 58.6 Å². The highest BCUT2D eigenvalue weighted by Crippen LogP contribution is 2.32. The van der Waals surface area contributed by atoms with Crippen LogP contribution in [0.5, 0.6) is 11.5 Å². The molecule has 1 saturated heterocycles. The molecule has 0 aliphatic carbocycles. The van der Waals surface area contributed by atoms with Crippen LogP contribution in [0.4, 0.5) is 0 Å². The average molecular weight is 373 g/mol. The highest BCUT2D eigenvalue weighted by Gasteiger charge is 2.26. The van der Waals surface area contributed by atoms with Gasteiger partial charge in [-0.2, -0.15) is 0 Å². The zero-order valence-electron chi connectivity index (χ0n) is 14.0. The highest BCUT2D eigenvalue weighted by molar-refractivity contribution is 6.30. The van der Waals surface area contributed by atoms with Crippen molar-refractivity contribution in [2.45, 2.75) is 0 Å². The number of carbonyl (C=O) groups is 2. The van der Waals surface area contributed by atoms with E-state index in [4.69, 9.17) is 21.1 Å². The maximum atomic E-state index is 12.7. The molecule has 0 aromatic heterocycles. The summed E-state index contributed by atoms with van der Waals surface area (Å²) < 4.78 is 10.6. The van der Waals surface area contributed by atoms with Gasteiger partial charge in [-0.3, -0.25) is 9.59 Å². The molecule has 0 bridgehead atoms. The standard InChI is InChI=1S/C19H17ClN2O4/c20-15-4-1-13(2-5-15)18(23)21-7-9-22(10-8-21)19(24)14-3-6-16-17(11-14)26-12-25-16/h1-6,11H,7-10,12H2. The molecule has 26 heavy (non-hydrogen) atoms. The van der Waals surface area contributed by atoms with Gasteiger partial charge in [0.25, 0.3) is 11.8 Å². The zero-order chi connectivity index (χ0) is 18.1. The number of ether oxygens (including phenoxy) is 2. The second kappa shape index (κ2) is 6.88. The molecule has 2 aromatic carbocycles.